The Labute approximate surface area is 174 Å². The molecule has 26 heavy (non-hydrogen) atoms. The first-order valence-electron chi connectivity index (χ1n) is 9.58. The van der Waals surface area contributed by atoms with Crippen molar-refractivity contribution < 1.29 is 4.74 Å². The average Bonchev–Trinajstić information content (AvgIpc) is 3.02. The minimum absolute atomic E-state index is 0. The lowest BCUT2D eigenvalue weighted by molar-refractivity contribution is 0.0258. The van der Waals surface area contributed by atoms with E-state index in [1.165, 1.54) is 0 Å². The van der Waals surface area contributed by atoms with Gasteiger partial charge in [-0.25, -0.2) is 9.67 Å². The summed E-state index contributed by atoms with van der Waals surface area (Å²) in [6.45, 7) is 11.0. The molecule has 0 aromatic carbocycles. The van der Waals surface area contributed by atoms with Crippen LogP contribution in [0, 0.1) is 5.92 Å². The topological polar surface area (TPSA) is 76.4 Å². The van der Waals surface area contributed by atoms with Crippen molar-refractivity contribution in [1.82, 2.24) is 25.4 Å². The van der Waals surface area contributed by atoms with Crippen molar-refractivity contribution in [3.05, 3.63) is 11.6 Å². The van der Waals surface area contributed by atoms with Crippen molar-refractivity contribution in [3.8, 4) is 0 Å². The smallest absolute Gasteiger partial charge is 0.191 e. The van der Waals surface area contributed by atoms with Gasteiger partial charge in [0.2, 0.25) is 0 Å². The molecule has 1 aliphatic heterocycles. The molecule has 1 aromatic heterocycles. The second-order valence-electron chi connectivity index (χ2n) is 6.89. The molecule has 2 heterocycles. The van der Waals surface area contributed by atoms with Crippen LogP contribution in [0.5, 0.6) is 0 Å². The molecule has 150 valence electrons. The number of rotatable bonds is 8. The molecule has 0 saturated heterocycles. The van der Waals surface area contributed by atoms with Gasteiger partial charge in [-0.15, -0.1) is 24.0 Å². The minimum atomic E-state index is 0. The molecule has 2 unspecified atom stereocenters. The molecule has 0 saturated carbocycles. The molecule has 8 heteroatoms. The van der Waals surface area contributed by atoms with Crippen molar-refractivity contribution in [2.75, 3.05) is 20.2 Å². The van der Waals surface area contributed by atoms with E-state index in [1.54, 1.807) is 0 Å². The van der Waals surface area contributed by atoms with Crippen molar-refractivity contribution in [2.24, 2.45) is 10.9 Å². The SMILES string of the molecule is CCOC(CCNC(=NC)NC1CCc2nc(CC)nn2C1)C(C)C.I. The summed E-state index contributed by atoms with van der Waals surface area (Å²) in [6.07, 6.45) is 4.16. The highest BCUT2D eigenvalue weighted by Gasteiger charge is 2.22. The monoisotopic (exact) mass is 478 g/mol. The van der Waals surface area contributed by atoms with Gasteiger partial charge in [0.05, 0.1) is 12.6 Å². The maximum absolute atomic E-state index is 5.80. The molecule has 0 radical (unpaired) electrons. The Kier molecular flexibility index (Phi) is 10.4. The molecule has 2 atom stereocenters. The number of guanidine groups is 1. The van der Waals surface area contributed by atoms with Gasteiger partial charge in [0.25, 0.3) is 0 Å². The largest absolute Gasteiger partial charge is 0.378 e. The van der Waals surface area contributed by atoms with Crippen LogP contribution in [-0.2, 0) is 24.1 Å². The molecule has 7 nitrogen and oxygen atoms in total. The Bertz CT molecular complexity index is 560. The summed E-state index contributed by atoms with van der Waals surface area (Å²) >= 11 is 0. The zero-order chi connectivity index (χ0) is 18.2. The molecule has 0 aliphatic carbocycles. The highest BCUT2D eigenvalue weighted by atomic mass is 127. The molecule has 0 spiro atoms. The highest BCUT2D eigenvalue weighted by molar-refractivity contribution is 14.0. The molecule has 0 amide bonds. The minimum Gasteiger partial charge on any atom is -0.378 e. The second kappa shape index (κ2) is 11.7. The Morgan fingerprint density at radius 3 is 2.77 bits per heavy atom. The van der Waals surface area contributed by atoms with E-state index >= 15 is 0 Å². The van der Waals surface area contributed by atoms with Crippen LogP contribution in [0.2, 0.25) is 0 Å². The number of nitrogens with one attached hydrogen (secondary N) is 2. The first-order valence-corrected chi connectivity index (χ1v) is 9.58. The molecule has 1 aromatic rings. The van der Waals surface area contributed by atoms with E-state index in [1.807, 2.05) is 11.7 Å². The molecule has 0 fully saturated rings. The molecule has 2 rings (SSSR count). The number of nitrogens with zero attached hydrogens (tertiary/aromatic N) is 4. The average molecular weight is 478 g/mol. The molecular formula is C18H35IN6O. The first kappa shape index (κ1) is 23.1. The predicted octanol–water partition coefficient (Wildman–Crippen LogP) is 2.39. The number of halogens is 1. The van der Waals surface area contributed by atoms with Crippen LogP contribution >= 0.6 is 24.0 Å². The lowest BCUT2D eigenvalue weighted by Crippen LogP contribution is -2.47. The van der Waals surface area contributed by atoms with E-state index in [9.17, 15) is 0 Å². The number of fused-ring (bicyclic) bond motifs is 1. The molecular weight excluding hydrogens is 443 g/mol. The molecule has 0 bridgehead atoms. The fraction of sp³-hybridized carbons (Fsp3) is 0.833. The predicted molar refractivity (Wildman–Crippen MR) is 116 cm³/mol. The number of ether oxygens (including phenoxy) is 1. The Morgan fingerprint density at radius 2 is 2.15 bits per heavy atom. The van der Waals surface area contributed by atoms with E-state index in [0.29, 0.717) is 12.0 Å². The Morgan fingerprint density at radius 1 is 1.38 bits per heavy atom. The van der Waals surface area contributed by atoms with Crippen LogP contribution in [0.25, 0.3) is 0 Å². The maximum Gasteiger partial charge on any atom is 0.191 e. The molecule has 1 aliphatic rings. The van der Waals surface area contributed by atoms with Crippen LogP contribution in [0.4, 0.5) is 0 Å². The second-order valence-corrected chi connectivity index (χ2v) is 6.89. The quantitative estimate of drug-likeness (QED) is 0.341. The summed E-state index contributed by atoms with van der Waals surface area (Å²) in [5.74, 6) is 3.42. The number of aryl methyl sites for hydroxylation is 2. The fourth-order valence-electron chi connectivity index (χ4n) is 3.17. The van der Waals surface area contributed by atoms with Crippen LogP contribution in [-0.4, -0.2) is 53.1 Å². The van der Waals surface area contributed by atoms with Crippen LogP contribution in [0.15, 0.2) is 4.99 Å². The summed E-state index contributed by atoms with van der Waals surface area (Å²) in [6, 6.07) is 0.331. The zero-order valence-corrected chi connectivity index (χ0v) is 19.1. The standard InChI is InChI=1S/C18H34N6O.HI/c1-6-16-22-17-9-8-14(12-24(17)23-16)21-18(19-5)20-11-10-15(13(3)4)25-7-2;/h13-15H,6-12H2,1-5H3,(H2,19,20,21);1H. The van der Waals surface area contributed by atoms with E-state index in [0.717, 1.165) is 63.0 Å². The van der Waals surface area contributed by atoms with Crippen molar-refractivity contribution in [3.63, 3.8) is 0 Å². The van der Waals surface area contributed by atoms with Gasteiger partial charge >= 0.3 is 0 Å². The van der Waals surface area contributed by atoms with Gasteiger partial charge in [0.15, 0.2) is 11.8 Å². The Balaban J connectivity index is 0.00000338. The number of hydrogen-bond donors (Lipinski definition) is 2. The highest BCUT2D eigenvalue weighted by Crippen LogP contribution is 2.13. The van der Waals surface area contributed by atoms with E-state index in [2.05, 4.69) is 53.4 Å². The summed E-state index contributed by atoms with van der Waals surface area (Å²) in [5.41, 5.74) is 0. The van der Waals surface area contributed by atoms with E-state index in [4.69, 9.17) is 4.74 Å². The number of hydrogen-bond acceptors (Lipinski definition) is 4. The van der Waals surface area contributed by atoms with Gasteiger partial charge in [0, 0.05) is 39.1 Å². The maximum atomic E-state index is 5.80. The summed E-state index contributed by atoms with van der Waals surface area (Å²) in [4.78, 5) is 8.93. The van der Waals surface area contributed by atoms with Gasteiger partial charge in [0.1, 0.15) is 5.82 Å². The number of aliphatic imine (C=N–C) groups is 1. The fourth-order valence-corrected chi connectivity index (χ4v) is 3.17. The van der Waals surface area contributed by atoms with E-state index < -0.39 is 0 Å². The van der Waals surface area contributed by atoms with Gasteiger partial charge in [-0.2, -0.15) is 5.10 Å². The normalized spacial score (nSPS) is 18.2. The lowest BCUT2D eigenvalue weighted by Gasteiger charge is -2.26. The third-order valence-corrected chi connectivity index (χ3v) is 4.63. The first-order chi connectivity index (χ1) is 12.1. The van der Waals surface area contributed by atoms with Crippen molar-refractivity contribution in [2.45, 2.75) is 72.1 Å². The zero-order valence-electron chi connectivity index (χ0n) is 16.8. The van der Waals surface area contributed by atoms with Gasteiger partial charge < -0.3 is 15.4 Å². The summed E-state index contributed by atoms with van der Waals surface area (Å²) < 4.78 is 7.84. The van der Waals surface area contributed by atoms with Crippen molar-refractivity contribution in [1.29, 1.82) is 0 Å². The van der Waals surface area contributed by atoms with Crippen LogP contribution in [0.1, 0.15) is 52.2 Å². The van der Waals surface area contributed by atoms with Gasteiger partial charge in [-0.05, 0) is 25.7 Å². The van der Waals surface area contributed by atoms with Crippen LogP contribution < -0.4 is 10.6 Å². The lowest BCUT2D eigenvalue weighted by atomic mass is 10.0. The van der Waals surface area contributed by atoms with E-state index in [-0.39, 0.29) is 30.1 Å². The third-order valence-electron chi connectivity index (χ3n) is 4.63. The van der Waals surface area contributed by atoms with Gasteiger partial charge in [-0.1, -0.05) is 20.8 Å². The number of aromatic nitrogens is 3. The van der Waals surface area contributed by atoms with Crippen LogP contribution in [0.3, 0.4) is 0 Å². The summed E-state index contributed by atoms with van der Waals surface area (Å²) in [7, 11) is 1.82. The Hall–Kier alpha value is -0.900. The summed E-state index contributed by atoms with van der Waals surface area (Å²) in [5, 5.41) is 11.5. The third kappa shape index (κ3) is 6.68. The van der Waals surface area contributed by atoms with Gasteiger partial charge in [-0.3, -0.25) is 4.99 Å². The van der Waals surface area contributed by atoms with Crippen molar-refractivity contribution >= 4 is 29.9 Å². The molecule has 2 N–H and O–H groups in total.